The summed E-state index contributed by atoms with van der Waals surface area (Å²) in [6, 6.07) is -0.633. The highest BCUT2D eigenvalue weighted by Crippen LogP contribution is 2.39. The number of rotatable bonds is 8. The second-order valence-corrected chi connectivity index (χ2v) is 6.46. The van der Waals surface area contributed by atoms with E-state index >= 15 is 0 Å². The zero-order valence-corrected chi connectivity index (χ0v) is 16.2. The van der Waals surface area contributed by atoms with Crippen molar-refractivity contribution in [2.75, 3.05) is 13.6 Å². The summed E-state index contributed by atoms with van der Waals surface area (Å²) in [5.41, 5.74) is 4.38. The highest BCUT2D eigenvalue weighted by molar-refractivity contribution is 6.40. The molecule has 0 radical (unpaired) electrons. The van der Waals surface area contributed by atoms with Gasteiger partial charge in [-0.1, -0.05) is 6.42 Å². The first kappa shape index (κ1) is 26.7. The van der Waals surface area contributed by atoms with Gasteiger partial charge in [-0.2, -0.15) is 0 Å². The molecule has 0 spiro atoms. The van der Waals surface area contributed by atoms with Crippen molar-refractivity contribution in [2.24, 2.45) is 17.6 Å². The van der Waals surface area contributed by atoms with Gasteiger partial charge in [0, 0.05) is 12.5 Å². The Morgan fingerprint density at radius 1 is 1.32 bits per heavy atom. The molecule has 0 aromatic heterocycles. The highest BCUT2D eigenvalue weighted by Gasteiger charge is 2.48. The zero-order valence-electron chi connectivity index (χ0n) is 14.6. The van der Waals surface area contributed by atoms with Crippen LogP contribution in [-0.2, 0) is 9.59 Å². The minimum Gasteiger partial charge on any atom is -0.480 e. The molecular weight excluding hydrogens is 372 g/mol. The summed E-state index contributed by atoms with van der Waals surface area (Å²) < 4.78 is 0. The minimum absolute atomic E-state index is 0. The molecule has 1 amide bonds. The van der Waals surface area contributed by atoms with Gasteiger partial charge in [-0.05, 0) is 45.5 Å². The van der Waals surface area contributed by atoms with Crippen molar-refractivity contribution < 1.29 is 24.7 Å². The van der Waals surface area contributed by atoms with Crippen LogP contribution in [0, 0.1) is 11.8 Å². The van der Waals surface area contributed by atoms with Crippen LogP contribution in [0.15, 0.2) is 0 Å². The van der Waals surface area contributed by atoms with Crippen molar-refractivity contribution >= 4 is 43.8 Å². The van der Waals surface area contributed by atoms with Crippen molar-refractivity contribution in [3.8, 4) is 0 Å². The van der Waals surface area contributed by atoms with Crippen LogP contribution in [0.2, 0.25) is 6.32 Å². The van der Waals surface area contributed by atoms with Crippen molar-refractivity contribution in [3.63, 3.8) is 0 Å². The molecule has 8 nitrogen and oxygen atoms in total. The van der Waals surface area contributed by atoms with E-state index in [2.05, 4.69) is 10.6 Å². The Bertz CT molecular complexity index is 431. The molecule has 1 fully saturated rings. The quantitative estimate of drug-likeness (QED) is 0.304. The zero-order chi connectivity index (χ0) is 17.6. The molecule has 1 aliphatic rings. The third-order valence-electron chi connectivity index (χ3n) is 4.83. The van der Waals surface area contributed by atoms with E-state index in [0.717, 1.165) is 6.42 Å². The average Bonchev–Trinajstić information content (AvgIpc) is 2.50. The molecule has 0 bridgehead atoms. The Hall–Kier alpha value is -0.575. The van der Waals surface area contributed by atoms with E-state index in [1.54, 1.807) is 14.0 Å². The van der Waals surface area contributed by atoms with Gasteiger partial charge in [0.05, 0.1) is 6.04 Å². The fourth-order valence-corrected chi connectivity index (χ4v) is 3.37. The van der Waals surface area contributed by atoms with E-state index in [0.29, 0.717) is 19.3 Å². The summed E-state index contributed by atoms with van der Waals surface area (Å²) in [6.45, 7) is 1.83. The topological polar surface area (TPSA) is 145 Å². The minimum atomic E-state index is -1.37. The summed E-state index contributed by atoms with van der Waals surface area (Å²) in [5.74, 6) is -1.40. The molecule has 0 aliphatic heterocycles. The van der Waals surface area contributed by atoms with Crippen LogP contribution in [-0.4, -0.2) is 59.3 Å². The predicted molar refractivity (Wildman–Crippen MR) is 101 cm³/mol. The van der Waals surface area contributed by atoms with E-state index in [1.165, 1.54) is 0 Å². The summed E-state index contributed by atoms with van der Waals surface area (Å²) in [6.07, 6.45) is 2.62. The third-order valence-corrected chi connectivity index (χ3v) is 4.83. The lowest BCUT2D eigenvalue weighted by atomic mass is 9.65. The molecule has 1 saturated carbocycles. The van der Waals surface area contributed by atoms with Gasteiger partial charge >= 0.3 is 13.1 Å². The lowest BCUT2D eigenvalue weighted by Gasteiger charge is -2.44. The maximum Gasteiger partial charge on any atom is 0.451 e. The number of nitrogens with two attached hydrogens (primary N) is 1. The van der Waals surface area contributed by atoms with Gasteiger partial charge in [0.25, 0.3) is 0 Å². The molecule has 148 valence electrons. The fourth-order valence-electron chi connectivity index (χ4n) is 3.37. The van der Waals surface area contributed by atoms with Gasteiger partial charge in [-0.25, -0.2) is 0 Å². The van der Waals surface area contributed by atoms with Crippen LogP contribution in [0.4, 0.5) is 0 Å². The van der Waals surface area contributed by atoms with E-state index in [-0.39, 0.29) is 55.4 Å². The number of carbonyl (C=O) groups excluding carboxylic acids is 1. The predicted octanol–water partition coefficient (Wildman–Crippen LogP) is -0.385. The van der Waals surface area contributed by atoms with Gasteiger partial charge in [-0.3, -0.25) is 9.59 Å². The van der Waals surface area contributed by atoms with Gasteiger partial charge in [0.2, 0.25) is 5.91 Å². The number of nitrogens with one attached hydrogen (secondary N) is 2. The standard InChI is InChI=1S/C14H28BN3O5.2ClH/c1-9(16)12(19)18-8-11-4-3-10(5-6-15(22)23)7-14(11,17-2)13(20)21;;/h9-11,17,22-23H,3-8,16H2,1-2H3,(H,18,19)(H,20,21);2*1H/t9-,10-,11-,14+;;/m0../s1. The van der Waals surface area contributed by atoms with Crippen LogP contribution < -0.4 is 16.4 Å². The summed E-state index contributed by atoms with van der Waals surface area (Å²) in [4.78, 5) is 23.5. The molecule has 0 saturated heterocycles. The fraction of sp³-hybridized carbons (Fsp3) is 0.857. The average molecular weight is 402 g/mol. The summed E-state index contributed by atoms with van der Waals surface area (Å²) in [5, 5.41) is 33.4. The number of carboxylic acids is 1. The number of hydrogen-bond acceptors (Lipinski definition) is 6. The normalized spacial score (nSPS) is 26.6. The lowest BCUT2D eigenvalue weighted by Crippen LogP contribution is -2.61. The number of carbonyl (C=O) groups is 2. The SMILES string of the molecule is CN[C@]1(C(=O)O)C[C@H](CCB(O)O)CC[C@H]1CNC(=O)[C@H](C)N.Cl.Cl. The largest absolute Gasteiger partial charge is 0.480 e. The van der Waals surface area contributed by atoms with E-state index in [1.807, 2.05) is 0 Å². The molecule has 0 aromatic rings. The number of aliphatic carboxylic acids is 1. The molecule has 1 rings (SSSR count). The van der Waals surface area contributed by atoms with Crippen LogP contribution >= 0.6 is 24.8 Å². The molecule has 7 N–H and O–H groups in total. The first-order chi connectivity index (χ1) is 10.7. The monoisotopic (exact) mass is 401 g/mol. The maximum atomic E-state index is 11.9. The molecule has 11 heteroatoms. The number of likely N-dealkylation sites (N-methyl/N-ethyl adjacent to an activating group) is 1. The number of halogens is 2. The molecule has 4 atom stereocenters. The number of amides is 1. The number of carboxylic acid groups (broad SMARTS) is 1. The molecule has 0 heterocycles. The van der Waals surface area contributed by atoms with Crippen LogP contribution in [0.1, 0.15) is 32.6 Å². The van der Waals surface area contributed by atoms with E-state index < -0.39 is 24.7 Å². The van der Waals surface area contributed by atoms with Gasteiger partial charge in [-0.15, -0.1) is 24.8 Å². The first-order valence-corrected chi connectivity index (χ1v) is 8.04. The molecular formula is C14H30BCl2N3O5. The van der Waals surface area contributed by atoms with Crippen molar-refractivity contribution in [1.82, 2.24) is 10.6 Å². The Morgan fingerprint density at radius 3 is 2.36 bits per heavy atom. The second kappa shape index (κ2) is 11.9. The Morgan fingerprint density at radius 2 is 1.92 bits per heavy atom. The summed E-state index contributed by atoms with van der Waals surface area (Å²) >= 11 is 0. The number of hydrogen-bond donors (Lipinski definition) is 6. The second-order valence-electron chi connectivity index (χ2n) is 6.46. The van der Waals surface area contributed by atoms with Crippen LogP contribution in [0.5, 0.6) is 0 Å². The smallest absolute Gasteiger partial charge is 0.451 e. The highest BCUT2D eigenvalue weighted by atomic mass is 35.5. The summed E-state index contributed by atoms with van der Waals surface area (Å²) in [7, 11) is 0.240. The Labute approximate surface area is 161 Å². The van der Waals surface area contributed by atoms with Gasteiger partial charge in [0.15, 0.2) is 0 Å². The maximum absolute atomic E-state index is 11.9. The van der Waals surface area contributed by atoms with Crippen molar-refractivity contribution in [1.29, 1.82) is 0 Å². The Kier molecular flexibility index (Phi) is 12.7. The Balaban J connectivity index is 0. The van der Waals surface area contributed by atoms with Crippen molar-refractivity contribution in [2.45, 2.75) is 50.5 Å². The van der Waals surface area contributed by atoms with E-state index in [9.17, 15) is 14.7 Å². The molecule has 0 aromatic carbocycles. The van der Waals surface area contributed by atoms with Crippen LogP contribution in [0.25, 0.3) is 0 Å². The third kappa shape index (κ3) is 7.28. The molecule has 25 heavy (non-hydrogen) atoms. The molecule has 1 aliphatic carbocycles. The van der Waals surface area contributed by atoms with Gasteiger partial charge in [0.1, 0.15) is 5.54 Å². The van der Waals surface area contributed by atoms with Gasteiger partial charge < -0.3 is 31.5 Å². The lowest BCUT2D eigenvalue weighted by molar-refractivity contribution is -0.150. The van der Waals surface area contributed by atoms with Crippen LogP contribution in [0.3, 0.4) is 0 Å². The first-order valence-electron chi connectivity index (χ1n) is 8.04. The molecule has 0 unspecified atom stereocenters. The van der Waals surface area contributed by atoms with Crippen molar-refractivity contribution in [3.05, 3.63) is 0 Å². The van der Waals surface area contributed by atoms with E-state index in [4.69, 9.17) is 15.8 Å².